The molecule has 0 unspecified atom stereocenters. The molecule has 0 spiro atoms. The van der Waals surface area contributed by atoms with E-state index in [0.717, 1.165) is 20.8 Å². The summed E-state index contributed by atoms with van der Waals surface area (Å²) < 4.78 is 11.6. The molecule has 5 nitrogen and oxygen atoms in total. The van der Waals surface area contributed by atoms with Crippen molar-refractivity contribution in [2.45, 2.75) is 20.0 Å². The zero-order valence-corrected chi connectivity index (χ0v) is 17.1. The Morgan fingerprint density at radius 2 is 1.84 bits per heavy atom. The summed E-state index contributed by atoms with van der Waals surface area (Å²) in [5, 5.41) is 5.87. The van der Waals surface area contributed by atoms with E-state index in [2.05, 4.69) is 33.2 Å². The molecule has 0 saturated heterocycles. The zero-order chi connectivity index (χ0) is 18.4. The van der Waals surface area contributed by atoms with E-state index in [1.807, 2.05) is 38.1 Å². The Morgan fingerprint density at radius 1 is 1.16 bits per heavy atom. The molecule has 7 heteroatoms. The SMILES string of the molecule is COc1ccc(C(=O)NC(=S)Nc2ccc(OC(C)C)cc2)cc1I. The number of anilines is 1. The van der Waals surface area contributed by atoms with Crippen molar-refractivity contribution in [1.29, 1.82) is 0 Å². The molecule has 0 atom stereocenters. The van der Waals surface area contributed by atoms with E-state index in [4.69, 9.17) is 21.7 Å². The van der Waals surface area contributed by atoms with Crippen LogP contribution in [0.25, 0.3) is 0 Å². The van der Waals surface area contributed by atoms with Crippen molar-refractivity contribution in [1.82, 2.24) is 5.32 Å². The minimum atomic E-state index is -0.280. The predicted molar refractivity (Wildman–Crippen MR) is 112 cm³/mol. The fraction of sp³-hybridized carbons (Fsp3) is 0.222. The molecule has 0 saturated carbocycles. The van der Waals surface area contributed by atoms with Gasteiger partial charge in [-0.25, -0.2) is 0 Å². The second-order valence-electron chi connectivity index (χ2n) is 5.45. The first-order valence-electron chi connectivity index (χ1n) is 7.61. The van der Waals surface area contributed by atoms with Crippen LogP contribution in [0.4, 0.5) is 5.69 Å². The number of ether oxygens (including phenoxy) is 2. The van der Waals surface area contributed by atoms with Crippen molar-refractivity contribution in [3.63, 3.8) is 0 Å². The van der Waals surface area contributed by atoms with E-state index < -0.39 is 0 Å². The maximum absolute atomic E-state index is 12.3. The lowest BCUT2D eigenvalue weighted by Crippen LogP contribution is -2.34. The van der Waals surface area contributed by atoms with Crippen LogP contribution in [0.15, 0.2) is 42.5 Å². The Balaban J connectivity index is 1.95. The highest BCUT2D eigenvalue weighted by Gasteiger charge is 2.10. The highest BCUT2D eigenvalue weighted by atomic mass is 127. The molecule has 2 aromatic carbocycles. The summed E-state index contributed by atoms with van der Waals surface area (Å²) in [5.74, 6) is 1.22. The third-order valence-corrected chi connectivity index (χ3v) is 4.17. The summed E-state index contributed by atoms with van der Waals surface area (Å²) in [6.45, 7) is 3.94. The van der Waals surface area contributed by atoms with E-state index in [9.17, 15) is 4.79 Å². The fourth-order valence-corrected chi connectivity index (χ4v) is 2.98. The highest BCUT2D eigenvalue weighted by molar-refractivity contribution is 14.1. The number of rotatable bonds is 5. The second kappa shape index (κ2) is 9.00. The van der Waals surface area contributed by atoms with E-state index >= 15 is 0 Å². The molecule has 0 aromatic heterocycles. The number of carbonyl (C=O) groups is 1. The molecule has 0 fully saturated rings. The van der Waals surface area contributed by atoms with Crippen molar-refractivity contribution in [2.24, 2.45) is 0 Å². The number of nitrogens with one attached hydrogen (secondary N) is 2. The first-order chi connectivity index (χ1) is 11.9. The van der Waals surface area contributed by atoms with Crippen LogP contribution in [0.1, 0.15) is 24.2 Å². The highest BCUT2D eigenvalue weighted by Crippen LogP contribution is 2.21. The summed E-state index contributed by atoms with van der Waals surface area (Å²) >= 11 is 7.31. The van der Waals surface area contributed by atoms with E-state index in [0.29, 0.717) is 5.56 Å². The van der Waals surface area contributed by atoms with Crippen LogP contribution in [0.3, 0.4) is 0 Å². The number of benzene rings is 2. The van der Waals surface area contributed by atoms with Gasteiger partial charge in [-0.3, -0.25) is 10.1 Å². The van der Waals surface area contributed by atoms with Gasteiger partial charge in [-0.1, -0.05) is 0 Å². The molecule has 0 heterocycles. The van der Waals surface area contributed by atoms with E-state index in [-0.39, 0.29) is 17.1 Å². The molecular formula is C18H19IN2O3S. The number of halogens is 1. The molecule has 0 aliphatic heterocycles. The Kier molecular flexibility index (Phi) is 7.01. The first kappa shape index (κ1) is 19.5. The molecule has 0 aliphatic rings. The largest absolute Gasteiger partial charge is 0.496 e. The normalized spacial score (nSPS) is 10.3. The van der Waals surface area contributed by atoms with Crippen LogP contribution in [0.5, 0.6) is 11.5 Å². The van der Waals surface area contributed by atoms with Gasteiger partial charge in [0.1, 0.15) is 11.5 Å². The lowest BCUT2D eigenvalue weighted by Gasteiger charge is -2.12. The maximum Gasteiger partial charge on any atom is 0.257 e. The van der Waals surface area contributed by atoms with Crippen LogP contribution in [0, 0.1) is 3.57 Å². The number of thiocarbonyl (C=S) groups is 1. The summed E-state index contributed by atoms with van der Waals surface area (Å²) in [7, 11) is 1.59. The Hall–Kier alpha value is -1.87. The quantitative estimate of drug-likeness (QED) is 0.507. The van der Waals surface area contributed by atoms with Crippen LogP contribution >= 0.6 is 34.8 Å². The minimum Gasteiger partial charge on any atom is -0.496 e. The first-order valence-corrected chi connectivity index (χ1v) is 9.10. The predicted octanol–water partition coefficient (Wildman–Crippen LogP) is 4.21. The Bertz CT molecular complexity index is 763. The minimum absolute atomic E-state index is 0.117. The lowest BCUT2D eigenvalue weighted by atomic mass is 10.2. The van der Waals surface area contributed by atoms with Gasteiger partial charge in [0.05, 0.1) is 16.8 Å². The van der Waals surface area contributed by atoms with Crippen molar-refractivity contribution < 1.29 is 14.3 Å². The van der Waals surface area contributed by atoms with Crippen LogP contribution in [-0.4, -0.2) is 24.2 Å². The monoisotopic (exact) mass is 470 g/mol. The van der Waals surface area contributed by atoms with Crippen molar-refractivity contribution >= 4 is 51.5 Å². The summed E-state index contributed by atoms with van der Waals surface area (Å²) in [6, 6.07) is 12.6. The summed E-state index contributed by atoms with van der Waals surface area (Å²) in [5.41, 5.74) is 1.28. The molecule has 0 radical (unpaired) electrons. The summed E-state index contributed by atoms with van der Waals surface area (Å²) in [4.78, 5) is 12.3. The van der Waals surface area contributed by atoms with Gasteiger partial charge in [-0.2, -0.15) is 0 Å². The van der Waals surface area contributed by atoms with Crippen molar-refractivity contribution in [2.75, 3.05) is 12.4 Å². The third kappa shape index (κ3) is 5.86. The topological polar surface area (TPSA) is 59.6 Å². The third-order valence-electron chi connectivity index (χ3n) is 3.13. The number of carbonyl (C=O) groups excluding carboxylic acids is 1. The molecular weight excluding hydrogens is 451 g/mol. The average molecular weight is 470 g/mol. The van der Waals surface area contributed by atoms with Gasteiger partial charge in [-0.05, 0) is 91.1 Å². The van der Waals surface area contributed by atoms with E-state index in [1.54, 1.807) is 25.3 Å². The molecule has 1 amide bonds. The van der Waals surface area contributed by atoms with Gasteiger partial charge >= 0.3 is 0 Å². The number of amides is 1. The van der Waals surface area contributed by atoms with Gasteiger partial charge in [-0.15, -0.1) is 0 Å². The van der Waals surface area contributed by atoms with Gasteiger partial charge in [0.25, 0.3) is 5.91 Å². The number of methoxy groups -OCH3 is 1. The molecule has 2 rings (SSSR count). The maximum atomic E-state index is 12.3. The molecule has 0 aliphatic carbocycles. The zero-order valence-electron chi connectivity index (χ0n) is 14.1. The molecule has 2 aromatic rings. The molecule has 25 heavy (non-hydrogen) atoms. The Morgan fingerprint density at radius 3 is 2.40 bits per heavy atom. The number of hydrogen-bond acceptors (Lipinski definition) is 4. The van der Waals surface area contributed by atoms with E-state index in [1.165, 1.54) is 0 Å². The van der Waals surface area contributed by atoms with Gasteiger partial charge in [0.15, 0.2) is 5.11 Å². The number of hydrogen-bond donors (Lipinski definition) is 2. The van der Waals surface area contributed by atoms with Crippen molar-refractivity contribution in [3.8, 4) is 11.5 Å². The molecule has 132 valence electrons. The van der Waals surface area contributed by atoms with Crippen LogP contribution < -0.4 is 20.1 Å². The molecule has 0 bridgehead atoms. The average Bonchev–Trinajstić information content (AvgIpc) is 2.56. The van der Waals surface area contributed by atoms with Gasteiger partial charge < -0.3 is 14.8 Å². The van der Waals surface area contributed by atoms with Crippen LogP contribution in [0.2, 0.25) is 0 Å². The standard InChI is InChI=1S/C18H19IN2O3S/c1-11(2)24-14-7-5-13(6-8-14)20-18(25)21-17(22)12-4-9-16(23-3)15(19)10-12/h4-11H,1-3H3,(H2,20,21,22,25). The Labute approximate surface area is 166 Å². The lowest BCUT2D eigenvalue weighted by molar-refractivity contribution is 0.0977. The van der Waals surface area contributed by atoms with Gasteiger partial charge in [0, 0.05) is 11.3 Å². The van der Waals surface area contributed by atoms with Gasteiger partial charge in [0.2, 0.25) is 0 Å². The van der Waals surface area contributed by atoms with Crippen LogP contribution in [-0.2, 0) is 0 Å². The smallest absolute Gasteiger partial charge is 0.257 e. The van der Waals surface area contributed by atoms with Crippen molar-refractivity contribution in [3.05, 3.63) is 51.6 Å². The molecule has 2 N–H and O–H groups in total. The summed E-state index contributed by atoms with van der Waals surface area (Å²) in [6.07, 6.45) is 0.117. The fourth-order valence-electron chi connectivity index (χ4n) is 2.03. The second-order valence-corrected chi connectivity index (χ2v) is 7.02.